The Labute approximate surface area is 166 Å². The number of pyridine rings is 1. The van der Waals surface area contributed by atoms with Gasteiger partial charge < -0.3 is 14.2 Å². The zero-order chi connectivity index (χ0) is 20.6. The van der Waals surface area contributed by atoms with Gasteiger partial charge in [-0.3, -0.25) is 4.79 Å². The highest BCUT2D eigenvalue weighted by Crippen LogP contribution is 2.29. The molecule has 1 amide bonds. The van der Waals surface area contributed by atoms with Crippen molar-refractivity contribution in [3.8, 4) is 11.4 Å². The van der Waals surface area contributed by atoms with E-state index in [-0.39, 0.29) is 18.3 Å². The van der Waals surface area contributed by atoms with Crippen molar-refractivity contribution in [2.75, 3.05) is 0 Å². The maximum Gasteiger partial charge on any atom is 0.471 e. The van der Waals surface area contributed by atoms with E-state index in [2.05, 4.69) is 25.0 Å². The summed E-state index contributed by atoms with van der Waals surface area (Å²) >= 11 is 5.88. The van der Waals surface area contributed by atoms with E-state index >= 15 is 0 Å². The molecular weight excluding hydrogens is 411 g/mol. The van der Waals surface area contributed by atoms with Crippen molar-refractivity contribution < 1.29 is 22.5 Å². The molecule has 0 aliphatic rings. The number of carbonyl (C=O) groups is 1. The third kappa shape index (κ3) is 4.06. The average Bonchev–Trinajstić information content (AvgIpc) is 3.32. The molecule has 0 fully saturated rings. The van der Waals surface area contributed by atoms with Crippen molar-refractivity contribution in [2.45, 2.75) is 12.7 Å². The first kappa shape index (κ1) is 18.9. The number of carbonyl (C=O) groups excluding carboxylic acids is 1. The molecule has 3 aromatic heterocycles. The van der Waals surface area contributed by atoms with Crippen molar-refractivity contribution in [1.82, 2.24) is 24.8 Å². The summed E-state index contributed by atoms with van der Waals surface area (Å²) in [6.07, 6.45) is -1.55. The number of benzene rings is 1. The molecule has 11 heteroatoms. The summed E-state index contributed by atoms with van der Waals surface area (Å²) in [6, 6.07) is 9.65. The number of halogens is 4. The topological polar surface area (TPSA) is 85.3 Å². The van der Waals surface area contributed by atoms with Crippen LogP contribution in [-0.4, -0.2) is 25.4 Å². The number of rotatable bonds is 4. The Bertz CT molecular complexity index is 1200. The first-order valence-electron chi connectivity index (χ1n) is 8.22. The number of nitrogens with zero attached hydrogens (tertiary/aromatic N) is 4. The summed E-state index contributed by atoms with van der Waals surface area (Å²) in [5.41, 5.74) is 1.84. The van der Waals surface area contributed by atoms with E-state index in [4.69, 9.17) is 11.6 Å². The van der Waals surface area contributed by atoms with Gasteiger partial charge in [0.2, 0.25) is 5.82 Å². The molecule has 0 atom stereocenters. The van der Waals surface area contributed by atoms with E-state index < -0.39 is 12.1 Å². The molecule has 0 aliphatic heterocycles. The zero-order valence-corrected chi connectivity index (χ0v) is 15.2. The van der Waals surface area contributed by atoms with Crippen LogP contribution in [0.4, 0.5) is 13.2 Å². The van der Waals surface area contributed by atoms with Crippen molar-refractivity contribution in [2.24, 2.45) is 0 Å². The molecule has 148 valence electrons. The summed E-state index contributed by atoms with van der Waals surface area (Å²) in [7, 11) is 0. The Hall–Kier alpha value is -3.40. The molecule has 0 radical (unpaired) electrons. The number of hydrogen-bond acceptors (Lipinski definition) is 5. The van der Waals surface area contributed by atoms with Crippen molar-refractivity contribution in [3.05, 3.63) is 71.0 Å². The highest BCUT2D eigenvalue weighted by Gasteiger charge is 2.38. The second-order valence-electron chi connectivity index (χ2n) is 6.03. The lowest BCUT2D eigenvalue weighted by Crippen LogP contribution is -2.22. The average molecular weight is 422 g/mol. The van der Waals surface area contributed by atoms with Gasteiger partial charge in [0.1, 0.15) is 5.65 Å². The number of alkyl halides is 3. The SMILES string of the molecule is O=C(NCc1cn2cc(-c3noc(C(F)(F)F)n3)ccc2n1)c1cccc(Cl)c1. The Balaban J connectivity index is 1.51. The van der Waals surface area contributed by atoms with Crippen molar-refractivity contribution in [3.63, 3.8) is 0 Å². The van der Waals surface area contributed by atoms with E-state index in [1.54, 1.807) is 40.9 Å². The van der Waals surface area contributed by atoms with Gasteiger partial charge >= 0.3 is 12.1 Å². The van der Waals surface area contributed by atoms with Gasteiger partial charge in [0.05, 0.1) is 12.2 Å². The fourth-order valence-electron chi connectivity index (χ4n) is 2.62. The Morgan fingerprint density at radius 1 is 1.17 bits per heavy atom. The molecule has 1 aromatic carbocycles. The predicted molar refractivity (Wildman–Crippen MR) is 96.1 cm³/mol. The largest absolute Gasteiger partial charge is 0.471 e. The van der Waals surface area contributed by atoms with Gasteiger partial charge in [0, 0.05) is 28.5 Å². The minimum atomic E-state index is -4.71. The Kier molecular flexibility index (Phi) is 4.71. The molecular formula is C18H11ClF3N5O2. The van der Waals surface area contributed by atoms with E-state index in [9.17, 15) is 18.0 Å². The first-order valence-corrected chi connectivity index (χ1v) is 8.60. The molecule has 4 aromatic rings. The molecule has 7 nitrogen and oxygen atoms in total. The molecule has 4 rings (SSSR count). The predicted octanol–water partition coefficient (Wildman–Crippen LogP) is 3.99. The summed E-state index contributed by atoms with van der Waals surface area (Å²) in [5.74, 6) is -1.91. The van der Waals surface area contributed by atoms with Crippen LogP contribution in [-0.2, 0) is 12.7 Å². The summed E-state index contributed by atoms with van der Waals surface area (Å²) < 4.78 is 43.7. The molecule has 29 heavy (non-hydrogen) atoms. The molecule has 1 N–H and O–H groups in total. The monoisotopic (exact) mass is 421 g/mol. The van der Waals surface area contributed by atoms with Crippen LogP contribution in [0.2, 0.25) is 5.02 Å². The number of aromatic nitrogens is 4. The van der Waals surface area contributed by atoms with Gasteiger partial charge in [-0.1, -0.05) is 22.8 Å². The van der Waals surface area contributed by atoms with Crippen LogP contribution in [0.1, 0.15) is 21.9 Å². The van der Waals surface area contributed by atoms with Gasteiger partial charge in [-0.05, 0) is 30.3 Å². The second-order valence-corrected chi connectivity index (χ2v) is 6.47. The van der Waals surface area contributed by atoms with Gasteiger partial charge in [-0.15, -0.1) is 0 Å². The normalized spacial score (nSPS) is 11.7. The molecule has 0 saturated carbocycles. The number of fused-ring (bicyclic) bond motifs is 1. The minimum Gasteiger partial charge on any atom is -0.346 e. The second kappa shape index (κ2) is 7.21. The number of hydrogen-bond donors (Lipinski definition) is 1. The van der Waals surface area contributed by atoms with Crippen LogP contribution in [0.15, 0.2) is 53.3 Å². The molecule has 0 bridgehead atoms. The lowest BCUT2D eigenvalue weighted by molar-refractivity contribution is -0.159. The summed E-state index contributed by atoms with van der Waals surface area (Å²) in [6.45, 7) is 0.156. The van der Waals surface area contributed by atoms with Crippen LogP contribution >= 0.6 is 11.6 Å². The van der Waals surface area contributed by atoms with E-state index in [0.717, 1.165) is 0 Å². The maximum atomic E-state index is 12.6. The number of amides is 1. The molecule has 0 spiro atoms. The fourth-order valence-corrected chi connectivity index (χ4v) is 2.81. The number of nitrogens with one attached hydrogen (secondary N) is 1. The summed E-state index contributed by atoms with van der Waals surface area (Å²) in [4.78, 5) is 19.9. The van der Waals surface area contributed by atoms with Gasteiger partial charge in [0.25, 0.3) is 5.91 Å². The maximum absolute atomic E-state index is 12.6. The highest BCUT2D eigenvalue weighted by atomic mass is 35.5. The van der Waals surface area contributed by atoms with Crippen LogP contribution < -0.4 is 5.32 Å². The molecule has 0 aliphatic carbocycles. The smallest absolute Gasteiger partial charge is 0.346 e. The van der Waals surface area contributed by atoms with E-state index in [1.807, 2.05) is 0 Å². The zero-order valence-electron chi connectivity index (χ0n) is 14.4. The lowest BCUT2D eigenvalue weighted by atomic mass is 10.2. The van der Waals surface area contributed by atoms with Gasteiger partial charge in [-0.25, -0.2) is 4.98 Å². The van der Waals surface area contributed by atoms with Crippen LogP contribution in [0, 0.1) is 0 Å². The quantitative estimate of drug-likeness (QED) is 0.538. The van der Waals surface area contributed by atoms with Crippen molar-refractivity contribution >= 4 is 23.2 Å². The highest BCUT2D eigenvalue weighted by molar-refractivity contribution is 6.30. The lowest BCUT2D eigenvalue weighted by Gasteiger charge is -2.03. The first-order chi connectivity index (χ1) is 13.8. The van der Waals surface area contributed by atoms with Gasteiger partial charge in [0.15, 0.2) is 0 Å². The standard InChI is InChI=1S/C18H11ClF3N5O2/c19-12-3-1-2-10(6-12)16(28)23-7-13-9-27-8-11(4-5-14(27)24-13)15-25-17(29-26-15)18(20,21)22/h1-6,8-9H,7H2,(H,23,28). The van der Waals surface area contributed by atoms with Crippen molar-refractivity contribution in [1.29, 1.82) is 0 Å². The van der Waals surface area contributed by atoms with E-state index in [0.29, 0.717) is 27.5 Å². The fraction of sp³-hybridized carbons (Fsp3) is 0.111. The van der Waals surface area contributed by atoms with Crippen LogP contribution in [0.25, 0.3) is 17.0 Å². The Morgan fingerprint density at radius 2 is 2.00 bits per heavy atom. The van der Waals surface area contributed by atoms with Gasteiger partial charge in [-0.2, -0.15) is 18.2 Å². The van der Waals surface area contributed by atoms with Crippen LogP contribution in [0.3, 0.4) is 0 Å². The molecule has 0 unspecified atom stereocenters. The van der Waals surface area contributed by atoms with E-state index in [1.165, 1.54) is 12.3 Å². The number of imidazole rings is 1. The molecule has 0 saturated heterocycles. The molecule has 3 heterocycles. The Morgan fingerprint density at radius 3 is 2.72 bits per heavy atom. The third-order valence-electron chi connectivity index (χ3n) is 3.94. The van der Waals surface area contributed by atoms with Crippen LogP contribution in [0.5, 0.6) is 0 Å². The summed E-state index contributed by atoms with van der Waals surface area (Å²) in [5, 5.41) is 6.54. The minimum absolute atomic E-state index is 0.156. The third-order valence-corrected chi connectivity index (χ3v) is 4.18.